The van der Waals surface area contributed by atoms with Gasteiger partial charge in [0.25, 0.3) is 0 Å². The summed E-state index contributed by atoms with van der Waals surface area (Å²) in [6.07, 6.45) is 7.28. The summed E-state index contributed by atoms with van der Waals surface area (Å²) >= 11 is 0. The van der Waals surface area contributed by atoms with Gasteiger partial charge in [0, 0.05) is 18.7 Å². The molecule has 4 rings (SSSR count). The first-order chi connectivity index (χ1) is 10.7. The van der Waals surface area contributed by atoms with E-state index in [1.165, 1.54) is 0 Å². The van der Waals surface area contributed by atoms with Gasteiger partial charge in [-0.1, -0.05) is 6.08 Å². The molecule has 0 bridgehead atoms. The maximum atomic E-state index is 12.5. The molecule has 22 heavy (non-hydrogen) atoms. The van der Waals surface area contributed by atoms with Crippen molar-refractivity contribution in [1.82, 2.24) is 20.1 Å². The number of nitrogens with one attached hydrogen (secondary N) is 1. The number of amides is 1. The number of carbonyl (C=O) groups excluding carboxylic acids is 1. The van der Waals surface area contributed by atoms with E-state index in [0.717, 1.165) is 55.9 Å². The van der Waals surface area contributed by atoms with Crippen molar-refractivity contribution in [2.24, 2.45) is 5.92 Å². The number of nitrogens with zero attached hydrogens (tertiary/aromatic N) is 3. The number of aromatic amines is 1. The molecule has 3 aliphatic rings. The van der Waals surface area contributed by atoms with Crippen molar-refractivity contribution < 1.29 is 9.53 Å². The smallest absolute Gasteiger partial charge is 0.249 e. The van der Waals surface area contributed by atoms with Crippen molar-refractivity contribution in [3.8, 4) is 0 Å². The van der Waals surface area contributed by atoms with Crippen LogP contribution in [0.3, 0.4) is 0 Å². The van der Waals surface area contributed by atoms with Crippen LogP contribution in [0, 0.1) is 12.8 Å². The Morgan fingerprint density at radius 1 is 1.50 bits per heavy atom. The van der Waals surface area contributed by atoms with Gasteiger partial charge in [-0.25, -0.2) is 4.98 Å². The Morgan fingerprint density at radius 3 is 3.14 bits per heavy atom. The quantitative estimate of drug-likeness (QED) is 0.906. The summed E-state index contributed by atoms with van der Waals surface area (Å²) in [5, 5.41) is 7.10. The van der Waals surface area contributed by atoms with E-state index in [-0.39, 0.29) is 18.1 Å². The monoisotopic (exact) mass is 302 g/mol. The van der Waals surface area contributed by atoms with Crippen LogP contribution in [-0.4, -0.2) is 45.2 Å². The van der Waals surface area contributed by atoms with Crippen molar-refractivity contribution in [3.63, 3.8) is 0 Å². The Bertz CT molecular complexity index is 609. The van der Waals surface area contributed by atoms with E-state index in [4.69, 9.17) is 4.74 Å². The van der Waals surface area contributed by atoms with E-state index in [1.54, 1.807) is 0 Å². The van der Waals surface area contributed by atoms with E-state index in [2.05, 4.69) is 21.3 Å². The zero-order valence-corrected chi connectivity index (χ0v) is 12.9. The second kappa shape index (κ2) is 5.50. The van der Waals surface area contributed by atoms with Gasteiger partial charge in [0.05, 0.1) is 6.10 Å². The van der Waals surface area contributed by atoms with Crippen molar-refractivity contribution in [2.45, 2.75) is 51.2 Å². The lowest BCUT2D eigenvalue weighted by molar-refractivity contribution is -0.131. The molecule has 3 heterocycles. The fraction of sp³-hybridized carbons (Fsp3) is 0.688. The number of carbonyl (C=O) groups is 1. The van der Waals surface area contributed by atoms with Crippen LogP contribution < -0.4 is 0 Å². The van der Waals surface area contributed by atoms with Gasteiger partial charge in [-0.15, -0.1) is 0 Å². The molecule has 2 aliphatic heterocycles. The first-order valence-electron chi connectivity index (χ1n) is 8.23. The zero-order valence-electron chi connectivity index (χ0n) is 12.9. The minimum Gasteiger partial charge on any atom is -0.365 e. The summed E-state index contributed by atoms with van der Waals surface area (Å²) in [5.41, 5.74) is 0.998. The van der Waals surface area contributed by atoms with Crippen LogP contribution in [0.15, 0.2) is 11.6 Å². The van der Waals surface area contributed by atoms with E-state index < -0.39 is 0 Å². The molecule has 0 spiro atoms. The number of H-pyrrole nitrogens is 1. The molecule has 6 nitrogen and oxygen atoms in total. The van der Waals surface area contributed by atoms with Gasteiger partial charge in [0.1, 0.15) is 11.9 Å². The molecule has 2 fully saturated rings. The second-order valence-corrected chi connectivity index (χ2v) is 6.60. The van der Waals surface area contributed by atoms with Gasteiger partial charge in [-0.2, -0.15) is 5.10 Å². The molecule has 6 heteroatoms. The molecule has 118 valence electrons. The zero-order chi connectivity index (χ0) is 15.1. The first-order valence-corrected chi connectivity index (χ1v) is 8.23. The van der Waals surface area contributed by atoms with E-state index >= 15 is 0 Å². The average molecular weight is 302 g/mol. The molecule has 1 N–H and O–H groups in total. The third-order valence-electron chi connectivity index (χ3n) is 5.06. The Morgan fingerprint density at radius 2 is 2.41 bits per heavy atom. The molecule has 1 aliphatic carbocycles. The molecular formula is C16H22N4O2. The van der Waals surface area contributed by atoms with Crippen LogP contribution in [0.5, 0.6) is 0 Å². The highest BCUT2D eigenvalue weighted by molar-refractivity contribution is 5.93. The topological polar surface area (TPSA) is 71.1 Å². The summed E-state index contributed by atoms with van der Waals surface area (Å²) in [6, 6.07) is 0. The number of fused-ring (bicyclic) bond motifs is 1. The highest BCUT2D eigenvalue weighted by Crippen LogP contribution is 2.40. The predicted molar refractivity (Wildman–Crippen MR) is 80.0 cm³/mol. The highest BCUT2D eigenvalue weighted by atomic mass is 16.5. The number of piperidine rings is 1. The SMILES string of the molecule is Cc1nc([C@@H]2C[C@@H]3CCN(C(=O)C4=CCCC4)C[C@H]3O2)n[nH]1. The largest absolute Gasteiger partial charge is 0.365 e. The molecule has 1 amide bonds. The predicted octanol–water partition coefficient (Wildman–Crippen LogP) is 1.90. The van der Waals surface area contributed by atoms with Gasteiger partial charge in [-0.05, 0) is 44.9 Å². The summed E-state index contributed by atoms with van der Waals surface area (Å²) in [7, 11) is 0. The summed E-state index contributed by atoms with van der Waals surface area (Å²) in [6.45, 7) is 3.45. The minimum atomic E-state index is -0.0271. The van der Waals surface area contributed by atoms with Gasteiger partial charge >= 0.3 is 0 Å². The standard InChI is InChI=1S/C16H22N4O2/c1-10-17-15(19-18-10)13-8-12-6-7-20(9-14(12)22-13)16(21)11-4-2-3-5-11/h4,12-14H,2-3,5-9H2,1H3,(H,17,18,19)/t12-,13-,14+/m0/s1. The lowest BCUT2D eigenvalue weighted by atomic mass is 9.91. The lowest BCUT2D eigenvalue weighted by Crippen LogP contribution is -2.45. The summed E-state index contributed by atoms with van der Waals surface area (Å²) in [5.74, 6) is 2.31. The number of hydrogen-bond acceptors (Lipinski definition) is 4. The van der Waals surface area contributed by atoms with Gasteiger partial charge in [0.2, 0.25) is 5.91 Å². The molecular weight excluding hydrogens is 280 g/mol. The van der Waals surface area contributed by atoms with E-state index in [1.807, 2.05) is 11.8 Å². The van der Waals surface area contributed by atoms with Crippen molar-refractivity contribution in [3.05, 3.63) is 23.3 Å². The Balaban J connectivity index is 1.42. The molecule has 3 atom stereocenters. The fourth-order valence-electron chi connectivity index (χ4n) is 3.85. The summed E-state index contributed by atoms with van der Waals surface area (Å²) < 4.78 is 6.15. The number of hydrogen-bond donors (Lipinski definition) is 1. The van der Waals surface area contributed by atoms with Crippen molar-refractivity contribution in [1.29, 1.82) is 0 Å². The van der Waals surface area contributed by atoms with Gasteiger partial charge in [-0.3, -0.25) is 9.89 Å². The Labute approximate surface area is 129 Å². The number of ether oxygens (including phenoxy) is 1. The Hall–Kier alpha value is -1.69. The van der Waals surface area contributed by atoms with E-state index in [9.17, 15) is 4.79 Å². The van der Waals surface area contributed by atoms with Crippen LogP contribution in [-0.2, 0) is 9.53 Å². The van der Waals surface area contributed by atoms with Crippen LogP contribution in [0.25, 0.3) is 0 Å². The van der Waals surface area contributed by atoms with Gasteiger partial charge in [0.15, 0.2) is 5.82 Å². The number of aryl methyl sites for hydroxylation is 1. The number of allylic oxidation sites excluding steroid dienone is 1. The van der Waals surface area contributed by atoms with Crippen LogP contribution in [0.1, 0.15) is 49.9 Å². The average Bonchev–Trinajstić information content (AvgIpc) is 3.25. The molecule has 0 aromatic carbocycles. The maximum Gasteiger partial charge on any atom is 0.249 e. The van der Waals surface area contributed by atoms with Crippen molar-refractivity contribution >= 4 is 5.91 Å². The van der Waals surface area contributed by atoms with Crippen LogP contribution in [0.4, 0.5) is 0 Å². The molecule has 2 saturated heterocycles. The fourth-order valence-corrected chi connectivity index (χ4v) is 3.85. The Kier molecular flexibility index (Phi) is 3.48. The molecule has 0 saturated carbocycles. The van der Waals surface area contributed by atoms with Crippen LogP contribution in [0.2, 0.25) is 0 Å². The molecule has 0 unspecified atom stereocenters. The second-order valence-electron chi connectivity index (χ2n) is 6.60. The molecule has 0 radical (unpaired) electrons. The van der Waals surface area contributed by atoms with Crippen LogP contribution >= 0.6 is 0 Å². The minimum absolute atomic E-state index is 0.0271. The number of aromatic nitrogens is 3. The molecule has 1 aromatic rings. The van der Waals surface area contributed by atoms with Gasteiger partial charge < -0.3 is 9.64 Å². The highest BCUT2D eigenvalue weighted by Gasteiger charge is 2.42. The maximum absolute atomic E-state index is 12.5. The van der Waals surface area contributed by atoms with Crippen molar-refractivity contribution in [2.75, 3.05) is 13.1 Å². The third kappa shape index (κ3) is 2.45. The molecule has 1 aromatic heterocycles. The number of rotatable bonds is 2. The normalized spacial score (nSPS) is 31.2. The first kappa shape index (κ1) is 13.9. The summed E-state index contributed by atoms with van der Waals surface area (Å²) in [4.78, 5) is 18.9. The third-order valence-corrected chi connectivity index (χ3v) is 5.06. The number of likely N-dealkylation sites (tertiary alicyclic amines) is 1. The van der Waals surface area contributed by atoms with E-state index in [0.29, 0.717) is 12.5 Å². The lowest BCUT2D eigenvalue weighted by Gasteiger charge is -2.34.